The summed E-state index contributed by atoms with van der Waals surface area (Å²) in [5, 5.41) is 15.9. The molecule has 10 heteroatoms. The lowest BCUT2D eigenvalue weighted by molar-refractivity contribution is -0.132. The van der Waals surface area contributed by atoms with Crippen LogP contribution < -0.4 is 15.4 Å². The first kappa shape index (κ1) is 28.3. The lowest BCUT2D eigenvalue weighted by Crippen LogP contribution is -2.54. The summed E-state index contributed by atoms with van der Waals surface area (Å²) in [5.74, 6) is -1.11. The van der Waals surface area contributed by atoms with Gasteiger partial charge in [-0.25, -0.2) is 8.78 Å². The molecule has 4 unspecified atom stereocenters. The van der Waals surface area contributed by atoms with Gasteiger partial charge in [0.05, 0.1) is 0 Å². The SMILES string of the molecule is O=C1NC(O)CCC1N1Cc2cc(OC3CN(Cc4ccc(F)cc4F)CCC3NCc3ccccc3)ccc2C1=O. The molecule has 0 radical (unpaired) electrons. The van der Waals surface area contributed by atoms with Crippen LogP contribution in [-0.2, 0) is 24.4 Å². The summed E-state index contributed by atoms with van der Waals surface area (Å²) in [7, 11) is 0. The molecule has 220 valence electrons. The van der Waals surface area contributed by atoms with Crippen LogP contribution in [0.25, 0.3) is 0 Å². The molecule has 2 amide bonds. The average Bonchev–Trinajstić information content (AvgIpc) is 3.29. The molecule has 0 spiro atoms. The average molecular weight is 577 g/mol. The zero-order valence-electron chi connectivity index (χ0n) is 23.1. The van der Waals surface area contributed by atoms with Crippen molar-refractivity contribution in [1.82, 2.24) is 20.4 Å². The van der Waals surface area contributed by atoms with Crippen molar-refractivity contribution in [2.24, 2.45) is 0 Å². The van der Waals surface area contributed by atoms with Crippen LogP contribution in [0.4, 0.5) is 8.78 Å². The molecule has 3 aliphatic heterocycles. The highest BCUT2D eigenvalue weighted by Crippen LogP contribution is 2.31. The van der Waals surface area contributed by atoms with Crippen LogP contribution in [-0.4, -0.2) is 64.2 Å². The Morgan fingerprint density at radius 2 is 1.83 bits per heavy atom. The number of benzene rings is 3. The van der Waals surface area contributed by atoms with Gasteiger partial charge < -0.3 is 25.4 Å². The molecule has 0 aliphatic carbocycles. The first-order valence-corrected chi connectivity index (χ1v) is 14.4. The van der Waals surface area contributed by atoms with E-state index in [2.05, 4.69) is 27.7 Å². The van der Waals surface area contributed by atoms with E-state index in [1.54, 1.807) is 17.0 Å². The Balaban J connectivity index is 1.17. The summed E-state index contributed by atoms with van der Waals surface area (Å²) in [5.41, 5.74) is 2.91. The number of piperidine rings is 2. The van der Waals surface area contributed by atoms with Gasteiger partial charge in [-0.15, -0.1) is 0 Å². The van der Waals surface area contributed by atoms with Gasteiger partial charge in [0.15, 0.2) is 0 Å². The van der Waals surface area contributed by atoms with Crippen molar-refractivity contribution in [1.29, 1.82) is 0 Å². The Kier molecular flexibility index (Phi) is 8.19. The number of aliphatic hydroxyl groups excluding tert-OH is 1. The first-order chi connectivity index (χ1) is 20.3. The van der Waals surface area contributed by atoms with E-state index < -0.39 is 23.9 Å². The number of hydrogen-bond donors (Lipinski definition) is 3. The third kappa shape index (κ3) is 6.16. The van der Waals surface area contributed by atoms with Crippen molar-refractivity contribution in [2.45, 2.75) is 63.3 Å². The van der Waals surface area contributed by atoms with Gasteiger partial charge in [-0.2, -0.15) is 0 Å². The molecular weight excluding hydrogens is 542 g/mol. The minimum Gasteiger partial charge on any atom is -0.487 e. The molecule has 2 fully saturated rings. The fourth-order valence-electron chi connectivity index (χ4n) is 6.11. The van der Waals surface area contributed by atoms with E-state index in [0.29, 0.717) is 49.4 Å². The monoisotopic (exact) mass is 576 g/mol. The largest absolute Gasteiger partial charge is 0.487 e. The van der Waals surface area contributed by atoms with E-state index in [9.17, 15) is 23.5 Å². The van der Waals surface area contributed by atoms with Gasteiger partial charge in [-0.1, -0.05) is 36.4 Å². The number of hydrogen-bond acceptors (Lipinski definition) is 6. The van der Waals surface area contributed by atoms with Gasteiger partial charge in [0.1, 0.15) is 35.8 Å². The Morgan fingerprint density at radius 3 is 2.62 bits per heavy atom. The molecule has 3 heterocycles. The highest BCUT2D eigenvalue weighted by molar-refractivity contribution is 6.01. The number of halogens is 2. The van der Waals surface area contributed by atoms with Crippen LogP contribution in [0, 0.1) is 11.6 Å². The second kappa shape index (κ2) is 12.2. The van der Waals surface area contributed by atoms with E-state index >= 15 is 0 Å². The maximum absolute atomic E-state index is 14.4. The molecule has 3 aromatic carbocycles. The third-order valence-electron chi connectivity index (χ3n) is 8.36. The molecule has 8 nitrogen and oxygen atoms in total. The maximum atomic E-state index is 14.4. The normalized spacial score (nSPS) is 24.4. The Morgan fingerprint density at radius 1 is 1.00 bits per heavy atom. The number of aliphatic hydroxyl groups is 1. The molecule has 0 aromatic heterocycles. The summed E-state index contributed by atoms with van der Waals surface area (Å²) >= 11 is 0. The second-order valence-corrected chi connectivity index (χ2v) is 11.3. The van der Waals surface area contributed by atoms with Crippen LogP contribution in [0.5, 0.6) is 5.75 Å². The smallest absolute Gasteiger partial charge is 0.255 e. The minimum atomic E-state index is -0.883. The Labute approximate surface area is 243 Å². The third-order valence-corrected chi connectivity index (χ3v) is 8.36. The fourth-order valence-corrected chi connectivity index (χ4v) is 6.11. The zero-order valence-corrected chi connectivity index (χ0v) is 23.1. The van der Waals surface area contributed by atoms with Crippen LogP contribution in [0.3, 0.4) is 0 Å². The molecule has 3 aromatic rings. The highest BCUT2D eigenvalue weighted by Gasteiger charge is 2.39. The summed E-state index contributed by atoms with van der Waals surface area (Å²) < 4.78 is 34.4. The van der Waals surface area contributed by atoms with E-state index in [1.807, 2.05) is 24.3 Å². The van der Waals surface area contributed by atoms with Crippen molar-refractivity contribution < 1.29 is 28.2 Å². The van der Waals surface area contributed by atoms with Gasteiger partial charge in [0.2, 0.25) is 5.91 Å². The topological polar surface area (TPSA) is 94.1 Å². The number of amides is 2. The molecule has 0 saturated carbocycles. The lowest BCUT2D eigenvalue weighted by atomic mass is 10.00. The molecule has 0 bridgehead atoms. The maximum Gasteiger partial charge on any atom is 0.255 e. The lowest BCUT2D eigenvalue weighted by Gasteiger charge is -2.39. The first-order valence-electron chi connectivity index (χ1n) is 14.4. The molecule has 2 saturated heterocycles. The molecule has 4 atom stereocenters. The fraction of sp³-hybridized carbons (Fsp3) is 0.375. The van der Waals surface area contributed by atoms with E-state index in [-0.39, 0.29) is 30.5 Å². The number of nitrogens with one attached hydrogen (secondary N) is 2. The highest BCUT2D eigenvalue weighted by atomic mass is 19.1. The van der Waals surface area contributed by atoms with Crippen molar-refractivity contribution >= 4 is 11.8 Å². The summed E-state index contributed by atoms with van der Waals surface area (Å²) in [6.07, 6.45) is 0.398. The zero-order chi connectivity index (χ0) is 29.2. The van der Waals surface area contributed by atoms with E-state index in [0.717, 1.165) is 30.2 Å². The van der Waals surface area contributed by atoms with Gasteiger partial charge in [0, 0.05) is 56.0 Å². The second-order valence-electron chi connectivity index (χ2n) is 11.3. The number of ether oxygens (including phenoxy) is 1. The standard InChI is InChI=1S/C32H34F2N4O4/c33-23-7-6-21(26(34)15-23)17-37-13-12-27(35-16-20-4-2-1-3-5-20)29(19-37)42-24-8-9-25-22(14-24)18-38(32(25)41)28-10-11-30(39)36-31(28)40/h1-9,14-15,27-30,35,39H,10-13,16-19H2,(H,36,40). The predicted molar refractivity (Wildman–Crippen MR) is 151 cm³/mol. The van der Waals surface area contributed by atoms with Gasteiger partial charge in [-0.05, 0) is 54.7 Å². The number of likely N-dealkylation sites (tertiary alicyclic amines) is 1. The number of carbonyl (C=O) groups is 2. The molecule has 3 aliphatic rings. The predicted octanol–water partition coefficient (Wildman–Crippen LogP) is 3.33. The minimum absolute atomic E-state index is 0.0169. The number of carbonyl (C=O) groups excluding carboxylic acids is 2. The van der Waals surface area contributed by atoms with Gasteiger partial charge in [0.25, 0.3) is 5.91 Å². The van der Waals surface area contributed by atoms with Crippen molar-refractivity contribution in [2.75, 3.05) is 13.1 Å². The summed E-state index contributed by atoms with van der Waals surface area (Å²) in [6, 6.07) is 18.5. The Bertz CT molecular complexity index is 1460. The quantitative estimate of drug-likeness (QED) is 0.381. The number of fused-ring (bicyclic) bond motifs is 1. The van der Waals surface area contributed by atoms with Gasteiger partial charge >= 0.3 is 0 Å². The van der Waals surface area contributed by atoms with E-state index in [1.165, 1.54) is 12.1 Å². The van der Waals surface area contributed by atoms with Gasteiger partial charge in [-0.3, -0.25) is 14.5 Å². The van der Waals surface area contributed by atoms with Crippen LogP contribution in [0.1, 0.15) is 46.3 Å². The number of nitrogens with zero attached hydrogens (tertiary/aromatic N) is 2. The molecule has 3 N–H and O–H groups in total. The molecule has 6 rings (SSSR count). The summed E-state index contributed by atoms with van der Waals surface area (Å²) in [4.78, 5) is 29.3. The molecule has 42 heavy (non-hydrogen) atoms. The van der Waals surface area contributed by atoms with Crippen LogP contribution in [0.2, 0.25) is 0 Å². The number of rotatable bonds is 8. The van der Waals surface area contributed by atoms with Crippen LogP contribution in [0.15, 0.2) is 66.7 Å². The van der Waals surface area contributed by atoms with Crippen LogP contribution >= 0.6 is 0 Å². The summed E-state index contributed by atoms with van der Waals surface area (Å²) in [6.45, 7) is 2.54. The Hall–Kier alpha value is -3.86. The molecular formula is C32H34F2N4O4. The van der Waals surface area contributed by atoms with E-state index in [4.69, 9.17) is 4.74 Å². The van der Waals surface area contributed by atoms with Crippen molar-refractivity contribution in [3.8, 4) is 5.75 Å². The van der Waals surface area contributed by atoms with Crippen molar-refractivity contribution in [3.63, 3.8) is 0 Å². The van der Waals surface area contributed by atoms with Crippen molar-refractivity contribution in [3.05, 3.63) is 101 Å².